The molecular formula is C26H22N6O3. The second-order valence-corrected chi connectivity index (χ2v) is 8.02. The van der Waals surface area contributed by atoms with E-state index in [2.05, 4.69) is 21.8 Å². The lowest BCUT2D eigenvalue weighted by molar-refractivity contribution is -0.126. The zero-order chi connectivity index (χ0) is 24.4. The molecule has 3 aromatic heterocycles. The maximum absolute atomic E-state index is 13.5. The van der Waals surface area contributed by atoms with Gasteiger partial charge in [-0.25, -0.2) is 9.97 Å². The van der Waals surface area contributed by atoms with Crippen molar-refractivity contribution < 1.29 is 14.3 Å². The summed E-state index contributed by atoms with van der Waals surface area (Å²) in [5.74, 6) is 6.70. The van der Waals surface area contributed by atoms with Crippen LogP contribution in [0.3, 0.4) is 0 Å². The molecule has 9 nitrogen and oxygen atoms in total. The van der Waals surface area contributed by atoms with Crippen LogP contribution in [-0.2, 0) is 4.79 Å². The van der Waals surface area contributed by atoms with Gasteiger partial charge in [0, 0.05) is 36.9 Å². The zero-order valence-corrected chi connectivity index (χ0v) is 19.0. The molecule has 1 fully saturated rings. The van der Waals surface area contributed by atoms with E-state index in [1.165, 1.54) is 0 Å². The molecule has 4 heterocycles. The van der Waals surface area contributed by atoms with E-state index >= 15 is 0 Å². The largest absolute Gasteiger partial charge is 0.457 e. The molecule has 9 heteroatoms. The van der Waals surface area contributed by atoms with E-state index in [-0.39, 0.29) is 29.2 Å². The van der Waals surface area contributed by atoms with Gasteiger partial charge in [-0.15, -0.1) is 0 Å². The highest BCUT2D eigenvalue weighted by atomic mass is 16.5. The lowest BCUT2D eigenvalue weighted by Gasteiger charge is -2.21. The van der Waals surface area contributed by atoms with Gasteiger partial charge in [0.05, 0.1) is 6.04 Å². The van der Waals surface area contributed by atoms with Gasteiger partial charge < -0.3 is 15.4 Å². The third-order valence-electron chi connectivity index (χ3n) is 5.87. The van der Waals surface area contributed by atoms with E-state index < -0.39 is 0 Å². The van der Waals surface area contributed by atoms with Gasteiger partial charge in [-0.05, 0) is 62.1 Å². The summed E-state index contributed by atoms with van der Waals surface area (Å²) >= 11 is 0. The molecule has 4 aromatic rings. The lowest BCUT2D eigenvalue weighted by Crippen LogP contribution is -2.30. The number of carbonyl (C=O) groups is 2. The van der Waals surface area contributed by atoms with Crippen LogP contribution >= 0.6 is 0 Å². The molecule has 1 aliphatic rings. The van der Waals surface area contributed by atoms with Crippen molar-refractivity contribution in [2.75, 3.05) is 12.3 Å². The monoisotopic (exact) mass is 466 g/mol. The average Bonchev–Trinajstić information content (AvgIpc) is 3.51. The number of likely N-dealkylation sites (tertiary alicyclic amines) is 1. The maximum atomic E-state index is 13.5. The molecule has 2 N–H and O–H groups in total. The number of anilines is 1. The van der Waals surface area contributed by atoms with E-state index in [4.69, 9.17) is 15.5 Å². The van der Waals surface area contributed by atoms with Crippen LogP contribution in [0.1, 0.15) is 47.7 Å². The molecule has 0 radical (unpaired) electrons. The first-order valence-corrected chi connectivity index (χ1v) is 11.1. The average molecular weight is 467 g/mol. The number of rotatable bonds is 5. The van der Waals surface area contributed by atoms with Crippen molar-refractivity contribution >= 4 is 23.0 Å². The van der Waals surface area contributed by atoms with Crippen molar-refractivity contribution in [2.24, 2.45) is 0 Å². The van der Waals surface area contributed by atoms with E-state index in [0.29, 0.717) is 41.4 Å². The molecule has 5 rings (SSSR count). The van der Waals surface area contributed by atoms with Crippen LogP contribution in [-0.4, -0.2) is 42.5 Å². The van der Waals surface area contributed by atoms with Gasteiger partial charge in [-0.1, -0.05) is 5.92 Å². The molecular weight excluding hydrogens is 444 g/mol. The van der Waals surface area contributed by atoms with Gasteiger partial charge in [0.25, 0.3) is 5.91 Å². The Bertz CT molecular complexity index is 1470. The summed E-state index contributed by atoms with van der Waals surface area (Å²) in [5.41, 5.74) is 7.22. The van der Waals surface area contributed by atoms with Crippen molar-refractivity contribution in [3.8, 4) is 23.3 Å². The predicted molar refractivity (Wildman–Crippen MR) is 129 cm³/mol. The molecule has 0 aliphatic carbocycles. The van der Waals surface area contributed by atoms with Crippen molar-refractivity contribution in [3.05, 3.63) is 78.3 Å². The van der Waals surface area contributed by atoms with Crippen LogP contribution in [0.4, 0.5) is 5.82 Å². The Hall–Kier alpha value is -4.71. The highest BCUT2D eigenvalue weighted by molar-refractivity contribution is 6.13. The van der Waals surface area contributed by atoms with E-state index in [9.17, 15) is 9.59 Å². The molecule has 35 heavy (non-hydrogen) atoms. The number of nitrogens with two attached hydrogens (primary N) is 1. The molecule has 0 unspecified atom stereocenters. The first-order chi connectivity index (χ1) is 17.1. The van der Waals surface area contributed by atoms with Crippen molar-refractivity contribution in [1.82, 2.24) is 24.3 Å². The third-order valence-corrected chi connectivity index (χ3v) is 5.87. The van der Waals surface area contributed by atoms with E-state index in [1.807, 2.05) is 0 Å². The summed E-state index contributed by atoms with van der Waals surface area (Å²) in [4.78, 5) is 40.6. The van der Waals surface area contributed by atoms with Gasteiger partial charge in [0.15, 0.2) is 0 Å². The zero-order valence-electron chi connectivity index (χ0n) is 19.0. The van der Waals surface area contributed by atoms with Gasteiger partial charge in [0.2, 0.25) is 5.78 Å². The van der Waals surface area contributed by atoms with Crippen LogP contribution in [0.2, 0.25) is 0 Å². The Kier molecular flexibility index (Phi) is 5.85. The molecule has 1 aromatic carbocycles. The fourth-order valence-electron chi connectivity index (χ4n) is 4.29. The summed E-state index contributed by atoms with van der Waals surface area (Å²) in [7, 11) is 0. The predicted octanol–water partition coefficient (Wildman–Crippen LogP) is 3.42. The van der Waals surface area contributed by atoms with Gasteiger partial charge in [-0.3, -0.25) is 19.0 Å². The van der Waals surface area contributed by atoms with Crippen LogP contribution in [0.5, 0.6) is 11.5 Å². The summed E-state index contributed by atoms with van der Waals surface area (Å²) in [6.45, 7) is 2.21. The van der Waals surface area contributed by atoms with E-state index in [1.54, 1.807) is 77.4 Å². The standard InChI is InChI=1S/C26H22N6O3/c1-2-4-21(33)31-15-3-5-20(31)26-30-22(23-25(27)29-14-16-32(23)26)24(34)17-6-8-18(9-7-17)35-19-10-12-28-13-11-19/h6-14,16,20H,3,5,15H2,1H3,(H2,27,29)/t20-/m0/s1. The summed E-state index contributed by atoms with van der Waals surface area (Å²) in [6, 6.07) is 9.98. The number of benzene rings is 1. The number of nitrogen functional groups attached to an aromatic ring is 1. The van der Waals surface area contributed by atoms with Crippen LogP contribution in [0.15, 0.2) is 61.2 Å². The normalized spacial score (nSPS) is 15.0. The number of ether oxygens (including phenoxy) is 1. The van der Waals surface area contributed by atoms with Crippen LogP contribution in [0.25, 0.3) is 5.52 Å². The molecule has 1 saturated heterocycles. The van der Waals surface area contributed by atoms with Crippen LogP contribution < -0.4 is 10.5 Å². The lowest BCUT2D eigenvalue weighted by atomic mass is 10.1. The number of imidazole rings is 1. The Morgan fingerprint density at radius 3 is 2.57 bits per heavy atom. The number of hydrogen-bond donors (Lipinski definition) is 1. The Morgan fingerprint density at radius 2 is 1.83 bits per heavy atom. The minimum absolute atomic E-state index is 0.189. The molecule has 1 atom stereocenters. The van der Waals surface area contributed by atoms with Crippen molar-refractivity contribution in [3.63, 3.8) is 0 Å². The first kappa shape index (κ1) is 22.1. The minimum atomic E-state index is -0.310. The topological polar surface area (TPSA) is 116 Å². The number of ketones is 1. The van der Waals surface area contributed by atoms with E-state index in [0.717, 1.165) is 6.42 Å². The van der Waals surface area contributed by atoms with Gasteiger partial charge in [-0.2, -0.15) is 0 Å². The molecule has 1 amide bonds. The molecule has 0 bridgehead atoms. The number of pyridine rings is 1. The van der Waals surface area contributed by atoms with Crippen LogP contribution in [0, 0.1) is 11.8 Å². The second kappa shape index (κ2) is 9.27. The fourth-order valence-corrected chi connectivity index (χ4v) is 4.29. The fraction of sp³-hybridized carbons (Fsp3) is 0.192. The highest BCUT2D eigenvalue weighted by Crippen LogP contribution is 2.34. The number of carbonyl (C=O) groups excluding carboxylic acids is 2. The number of hydrogen-bond acceptors (Lipinski definition) is 7. The quantitative estimate of drug-likeness (QED) is 0.354. The maximum Gasteiger partial charge on any atom is 0.299 e. The summed E-state index contributed by atoms with van der Waals surface area (Å²) < 4.78 is 7.54. The minimum Gasteiger partial charge on any atom is -0.457 e. The molecule has 1 aliphatic heterocycles. The third kappa shape index (κ3) is 4.17. The number of fused-ring (bicyclic) bond motifs is 1. The molecule has 0 spiro atoms. The van der Waals surface area contributed by atoms with Crippen molar-refractivity contribution in [2.45, 2.75) is 25.8 Å². The Labute approximate surface area is 201 Å². The SMILES string of the molecule is CC#CC(=O)N1CCC[C@H]1c1nc(C(=O)c2ccc(Oc3ccncc3)cc2)c2c(N)nccn12. The number of aromatic nitrogens is 4. The Morgan fingerprint density at radius 1 is 1.09 bits per heavy atom. The summed E-state index contributed by atoms with van der Waals surface area (Å²) in [5, 5.41) is 0. The molecule has 174 valence electrons. The number of amides is 1. The molecule has 0 saturated carbocycles. The van der Waals surface area contributed by atoms with Crippen molar-refractivity contribution in [1.29, 1.82) is 0 Å². The van der Waals surface area contributed by atoms with Gasteiger partial charge in [0.1, 0.15) is 34.4 Å². The smallest absolute Gasteiger partial charge is 0.299 e. The summed E-state index contributed by atoms with van der Waals surface area (Å²) in [6.07, 6.45) is 8.08. The highest BCUT2D eigenvalue weighted by Gasteiger charge is 2.34. The second-order valence-electron chi connectivity index (χ2n) is 8.02. The number of nitrogens with zero attached hydrogens (tertiary/aromatic N) is 5. The Balaban J connectivity index is 1.50. The first-order valence-electron chi connectivity index (χ1n) is 11.1. The van der Waals surface area contributed by atoms with Gasteiger partial charge >= 0.3 is 0 Å².